The van der Waals surface area contributed by atoms with Crippen molar-refractivity contribution in [3.63, 3.8) is 0 Å². The van der Waals surface area contributed by atoms with Crippen LogP contribution in [0.1, 0.15) is 77.6 Å². The fraction of sp³-hybridized carbons (Fsp3) is 0.213. The largest absolute Gasteiger partial charge is 0.355 e. The van der Waals surface area contributed by atoms with Gasteiger partial charge in [-0.25, -0.2) is 0 Å². The molecule has 0 radical (unpaired) electrons. The van der Waals surface area contributed by atoms with Gasteiger partial charge in [-0.05, 0) is 131 Å². The van der Waals surface area contributed by atoms with E-state index in [1.807, 2.05) is 11.3 Å². The van der Waals surface area contributed by atoms with E-state index in [1.54, 1.807) is 5.19 Å². The predicted molar refractivity (Wildman–Crippen MR) is 292 cm³/mol. The van der Waals surface area contributed by atoms with Gasteiger partial charge in [0.25, 0.3) is 0 Å². The molecule has 2 nitrogen and oxygen atoms in total. The van der Waals surface area contributed by atoms with E-state index >= 15 is 0 Å². The molecule has 322 valence electrons. The molecule has 0 amide bonds. The van der Waals surface area contributed by atoms with E-state index in [2.05, 4.69) is 218 Å². The van der Waals surface area contributed by atoms with Gasteiger partial charge in [0.1, 0.15) is 8.07 Å². The second-order valence-electron chi connectivity index (χ2n) is 22.6. The minimum atomic E-state index is -2.30. The van der Waals surface area contributed by atoms with Gasteiger partial charge < -0.3 is 9.88 Å². The molecular formula is C61H55BN2SSi. The molecule has 13 rings (SSSR count). The second-order valence-corrected chi connectivity index (χ2v) is 28.0. The van der Waals surface area contributed by atoms with Crippen molar-refractivity contribution in [3.8, 4) is 39.1 Å². The number of benzene rings is 8. The van der Waals surface area contributed by atoms with Gasteiger partial charge in [0.15, 0.2) is 7.28 Å². The van der Waals surface area contributed by atoms with Crippen molar-refractivity contribution in [2.75, 3.05) is 5.32 Å². The van der Waals surface area contributed by atoms with Crippen molar-refractivity contribution in [1.82, 2.24) is 4.57 Å². The maximum absolute atomic E-state index is 4.12. The van der Waals surface area contributed by atoms with Crippen LogP contribution in [0.3, 0.4) is 0 Å². The first-order valence-corrected chi connectivity index (χ1v) is 27.7. The molecule has 0 saturated heterocycles. The van der Waals surface area contributed by atoms with E-state index < -0.39 is 8.07 Å². The van der Waals surface area contributed by atoms with Gasteiger partial charge >= 0.3 is 0 Å². The van der Waals surface area contributed by atoms with Gasteiger partial charge in [0.2, 0.25) is 0 Å². The summed E-state index contributed by atoms with van der Waals surface area (Å²) in [5, 5.41) is 12.8. The molecule has 0 atom stereocenters. The van der Waals surface area contributed by atoms with Gasteiger partial charge in [-0.2, -0.15) is 0 Å². The Labute approximate surface area is 394 Å². The van der Waals surface area contributed by atoms with E-state index in [1.165, 1.54) is 119 Å². The standard InChI is InChI=1S/C61H55BN2SSi/c1-59(2,3)34-23-26-36(27-24-34)63-47-31-40-37-17-11-14-20-44(37)61(7,8)45(40)30-42(47)53-54-39-19-13-16-22-52(39)66(9,10)58(54)55-43-29-35(60(4,5)6)25-28-48(43)64-49-32-41-38-18-12-15-21-50(38)65-51(41)33-46(49)62-56(53)57(55)64/h11-33,62-63H,1-10H3. The highest BCUT2D eigenvalue weighted by molar-refractivity contribution is 7.26. The van der Waals surface area contributed by atoms with E-state index in [-0.39, 0.29) is 16.2 Å². The second kappa shape index (κ2) is 13.3. The zero-order valence-electron chi connectivity index (χ0n) is 39.8. The molecule has 1 aliphatic carbocycles. The lowest BCUT2D eigenvalue weighted by molar-refractivity contribution is 0.590. The molecule has 1 N–H and O–H groups in total. The Balaban J connectivity index is 1.21. The van der Waals surface area contributed by atoms with Crippen molar-refractivity contribution in [1.29, 1.82) is 0 Å². The maximum atomic E-state index is 4.12. The summed E-state index contributed by atoms with van der Waals surface area (Å²) in [5.74, 6) is 0. The van der Waals surface area contributed by atoms with Crippen LogP contribution < -0.4 is 26.6 Å². The molecule has 8 aromatic carbocycles. The number of hydrogen-bond donors (Lipinski definition) is 1. The maximum Gasteiger partial charge on any atom is 0.198 e. The summed E-state index contributed by atoms with van der Waals surface area (Å²) in [6.07, 6.45) is 0. The van der Waals surface area contributed by atoms with Crippen LogP contribution in [0, 0.1) is 0 Å². The molecule has 0 spiro atoms. The third-order valence-corrected chi connectivity index (χ3v) is 20.5. The molecule has 4 heterocycles. The van der Waals surface area contributed by atoms with Crippen LogP contribution in [0.5, 0.6) is 0 Å². The van der Waals surface area contributed by atoms with Crippen molar-refractivity contribution in [2.45, 2.75) is 84.7 Å². The molecule has 2 aromatic heterocycles. The number of aromatic nitrogens is 1. The number of rotatable bonds is 3. The zero-order valence-corrected chi connectivity index (χ0v) is 41.7. The summed E-state index contributed by atoms with van der Waals surface area (Å²) in [4.78, 5) is 0. The van der Waals surface area contributed by atoms with Gasteiger partial charge in [-0.15, -0.1) is 11.3 Å². The van der Waals surface area contributed by atoms with Crippen LogP contribution in [0.15, 0.2) is 140 Å². The minimum absolute atomic E-state index is 0.00472. The summed E-state index contributed by atoms with van der Waals surface area (Å²) >= 11 is 1.93. The molecule has 0 fully saturated rings. The van der Waals surface area contributed by atoms with Gasteiger partial charge in [-0.1, -0.05) is 159 Å². The smallest absolute Gasteiger partial charge is 0.198 e. The van der Waals surface area contributed by atoms with Crippen molar-refractivity contribution >= 4 is 101 Å². The number of nitrogens with zero attached hydrogens (tertiary/aromatic N) is 1. The highest BCUT2D eigenvalue weighted by Gasteiger charge is 2.45. The lowest BCUT2D eigenvalue weighted by atomic mass is 9.58. The molecule has 10 aromatic rings. The molecule has 3 aliphatic rings. The monoisotopic (exact) mass is 886 g/mol. The van der Waals surface area contributed by atoms with E-state index in [0.717, 1.165) is 18.7 Å². The molecule has 2 aliphatic heterocycles. The third kappa shape index (κ3) is 5.42. The van der Waals surface area contributed by atoms with Crippen LogP contribution in [-0.2, 0) is 16.2 Å². The van der Waals surface area contributed by atoms with Gasteiger partial charge in [0.05, 0.1) is 5.52 Å². The number of anilines is 2. The number of fused-ring (bicyclic) bond motifs is 15. The first kappa shape index (κ1) is 40.2. The summed E-state index contributed by atoms with van der Waals surface area (Å²) in [6.45, 7) is 24.1. The average Bonchev–Trinajstić information content (AvgIpc) is 3.96. The topological polar surface area (TPSA) is 17.0 Å². The summed E-state index contributed by atoms with van der Waals surface area (Å²) in [5.41, 5.74) is 22.8. The fourth-order valence-electron chi connectivity index (χ4n) is 12.4. The Morgan fingerprint density at radius 2 is 1.29 bits per heavy atom. The van der Waals surface area contributed by atoms with Gasteiger partial charge in [0, 0.05) is 64.5 Å². The Morgan fingerprint density at radius 1 is 0.591 bits per heavy atom. The number of thiophene rings is 1. The number of hydrogen-bond acceptors (Lipinski definition) is 2. The summed E-state index contributed by atoms with van der Waals surface area (Å²) in [6, 6.07) is 54.4. The Bertz CT molecular complexity index is 3770. The Hall–Kier alpha value is -6.14. The highest BCUT2D eigenvalue weighted by Crippen LogP contribution is 2.54. The minimum Gasteiger partial charge on any atom is -0.355 e. The van der Waals surface area contributed by atoms with Crippen molar-refractivity contribution in [3.05, 3.63) is 162 Å². The first-order chi connectivity index (χ1) is 31.5. The summed E-state index contributed by atoms with van der Waals surface area (Å²) in [7, 11) is -1.45. The van der Waals surface area contributed by atoms with Crippen LogP contribution in [0.25, 0.3) is 81.0 Å². The lowest BCUT2D eigenvalue weighted by Gasteiger charge is -2.29. The number of nitrogens with one attached hydrogen (secondary N) is 1. The molecule has 5 heteroatoms. The summed E-state index contributed by atoms with van der Waals surface area (Å²) < 4.78 is 5.42. The van der Waals surface area contributed by atoms with Crippen LogP contribution in [0.4, 0.5) is 11.4 Å². The molecular weight excluding hydrogens is 832 g/mol. The molecule has 0 saturated carbocycles. The first-order valence-electron chi connectivity index (χ1n) is 23.9. The zero-order chi connectivity index (χ0) is 45.4. The fourth-order valence-corrected chi connectivity index (χ4v) is 17.0. The Kier molecular flexibility index (Phi) is 8.08. The lowest BCUT2D eigenvalue weighted by Crippen LogP contribution is -2.50. The van der Waals surface area contributed by atoms with E-state index in [4.69, 9.17) is 0 Å². The SMILES string of the molecule is CC(C)(C)c1ccc(Nc2cc3c(cc2-c2c4c(c5c6cc(C(C)(C)C)ccc6n6c5c2Bc2cc5sc7ccccc7c5cc2-6)[Si](C)(C)c2ccccc2-4)C(C)(C)c2ccccc2-3)cc1. The van der Waals surface area contributed by atoms with Crippen molar-refractivity contribution in [2.24, 2.45) is 0 Å². The molecule has 0 unspecified atom stereocenters. The molecule has 0 bridgehead atoms. The van der Waals surface area contributed by atoms with E-state index in [0.29, 0.717) is 0 Å². The van der Waals surface area contributed by atoms with Crippen LogP contribution in [-0.4, -0.2) is 19.9 Å². The Morgan fingerprint density at radius 3 is 2.06 bits per heavy atom. The predicted octanol–water partition coefficient (Wildman–Crippen LogP) is 14.0. The molecule has 66 heavy (non-hydrogen) atoms. The highest BCUT2D eigenvalue weighted by atomic mass is 32.1. The van der Waals surface area contributed by atoms with Crippen LogP contribution in [0.2, 0.25) is 13.1 Å². The van der Waals surface area contributed by atoms with Gasteiger partial charge in [-0.3, -0.25) is 0 Å². The normalized spacial score (nSPS) is 15.2. The van der Waals surface area contributed by atoms with E-state index in [9.17, 15) is 0 Å². The average molecular weight is 887 g/mol. The van der Waals surface area contributed by atoms with Crippen LogP contribution >= 0.6 is 11.3 Å². The quantitative estimate of drug-likeness (QED) is 0.175. The third-order valence-electron chi connectivity index (χ3n) is 15.9. The van der Waals surface area contributed by atoms with Crippen molar-refractivity contribution < 1.29 is 0 Å².